The number of nitro benzene ring substituents is 1. The molecule has 2 aromatic heterocycles. The summed E-state index contributed by atoms with van der Waals surface area (Å²) in [4.78, 5) is 40.3. The highest BCUT2D eigenvalue weighted by Gasteiger charge is 2.20. The molecule has 0 fully saturated rings. The third-order valence-corrected chi connectivity index (χ3v) is 5.16. The van der Waals surface area contributed by atoms with E-state index in [9.17, 15) is 19.7 Å². The Labute approximate surface area is 178 Å². The van der Waals surface area contributed by atoms with Crippen LogP contribution < -0.4 is 5.56 Å². The van der Waals surface area contributed by atoms with Crippen LogP contribution in [0.1, 0.15) is 10.4 Å². The normalized spacial score (nSPS) is 11.0. The van der Waals surface area contributed by atoms with Gasteiger partial charge >= 0.3 is 0 Å². The van der Waals surface area contributed by atoms with Crippen molar-refractivity contribution in [1.82, 2.24) is 19.3 Å². The van der Waals surface area contributed by atoms with Gasteiger partial charge in [-0.2, -0.15) is 5.10 Å². The molecule has 150 valence electrons. The summed E-state index contributed by atoms with van der Waals surface area (Å²) in [6.07, 6.45) is 2.47. The zero-order chi connectivity index (χ0) is 21.4. The largest absolute Gasteiger partial charge is 0.294 e. The first-order chi connectivity index (χ1) is 14.4. The summed E-state index contributed by atoms with van der Waals surface area (Å²) in [7, 11) is 0. The number of halogens is 2. The lowest BCUT2D eigenvalue weighted by Gasteiger charge is -2.07. The molecule has 2 heterocycles. The van der Waals surface area contributed by atoms with Gasteiger partial charge in [0.15, 0.2) is 11.4 Å². The molecule has 0 amide bonds. The quantitative estimate of drug-likeness (QED) is 0.264. The molecule has 9 nitrogen and oxygen atoms in total. The first kappa shape index (κ1) is 19.7. The zero-order valence-electron chi connectivity index (χ0n) is 15.0. The maximum Gasteiger partial charge on any atom is 0.294 e. The van der Waals surface area contributed by atoms with Gasteiger partial charge in [0.2, 0.25) is 0 Å². The SMILES string of the molecule is O=C(Cn1cnc2c(cnn2-c2ccccc2[N+](=O)[O-])c1=O)c1ccc(Cl)c(Cl)c1. The van der Waals surface area contributed by atoms with Crippen molar-refractivity contribution in [2.24, 2.45) is 0 Å². The number of nitrogens with zero attached hydrogens (tertiary/aromatic N) is 5. The number of carbonyl (C=O) groups excluding carboxylic acids is 1. The number of carbonyl (C=O) groups is 1. The summed E-state index contributed by atoms with van der Waals surface area (Å²) in [6, 6.07) is 10.4. The Kier molecular flexibility index (Phi) is 5.06. The van der Waals surface area contributed by atoms with Gasteiger partial charge in [-0.1, -0.05) is 35.3 Å². The molecule has 2 aromatic carbocycles. The summed E-state index contributed by atoms with van der Waals surface area (Å²) >= 11 is 11.8. The lowest BCUT2D eigenvalue weighted by atomic mass is 10.1. The number of hydrogen-bond acceptors (Lipinski definition) is 6. The molecule has 11 heteroatoms. The van der Waals surface area contributed by atoms with Crippen LogP contribution in [0.4, 0.5) is 5.69 Å². The molecule has 30 heavy (non-hydrogen) atoms. The number of hydrogen-bond donors (Lipinski definition) is 0. The maximum absolute atomic E-state index is 12.8. The number of benzene rings is 2. The Morgan fingerprint density at radius 1 is 1.13 bits per heavy atom. The predicted octanol–water partition coefficient (Wildman–Crippen LogP) is 3.68. The average molecular weight is 444 g/mol. The first-order valence-electron chi connectivity index (χ1n) is 8.52. The summed E-state index contributed by atoms with van der Waals surface area (Å²) in [5.41, 5.74) is -0.0601. The number of ketones is 1. The van der Waals surface area contributed by atoms with E-state index in [1.807, 2.05) is 0 Å². The van der Waals surface area contributed by atoms with Gasteiger partial charge in [0.05, 0.1) is 27.7 Å². The molecule has 0 saturated heterocycles. The van der Waals surface area contributed by atoms with Crippen LogP contribution in [0.3, 0.4) is 0 Å². The van der Waals surface area contributed by atoms with Gasteiger partial charge in [-0.25, -0.2) is 9.67 Å². The third-order valence-electron chi connectivity index (χ3n) is 4.42. The number of para-hydroxylation sites is 2. The van der Waals surface area contributed by atoms with E-state index < -0.39 is 10.5 Å². The van der Waals surface area contributed by atoms with Gasteiger partial charge in [-0.3, -0.25) is 24.3 Å². The van der Waals surface area contributed by atoms with Crippen LogP contribution in [-0.4, -0.2) is 30.0 Å². The molecule has 4 aromatic rings. The fourth-order valence-corrected chi connectivity index (χ4v) is 3.25. The smallest absolute Gasteiger partial charge is 0.292 e. The maximum atomic E-state index is 12.8. The molecular weight excluding hydrogens is 433 g/mol. The second-order valence-corrected chi connectivity index (χ2v) is 7.08. The van der Waals surface area contributed by atoms with Crippen molar-refractivity contribution in [2.75, 3.05) is 0 Å². The van der Waals surface area contributed by atoms with E-state index >= 15 is 0 Å². The number of fused-ring (bicyclic) bond motifs is 1. The Balaban J connectivity index is 1.73. The fraction of sp³-hybridized carbons (Fsp3) is 0.0526. The van der Waals surface area contributed by atoms with E-state index in [-0.39, 0.29) is 39.8 Å². The van der Waals surface area contributed by atoms with Crippen LogP contribution in [0.15, 0.2) is 59.8 Å². The van der Waals surface area contributed by atoms with E-state index in [1.165, 1.54) is 53.6 Å². The van der Waals surface area contributed by atoms with Crippen LogP contribution in [0.5, 0.6) is 0 Å². The van der Waals surface area contributed by atoms with E-state index in [0.717, 1.165) is 4.57 Å². The molecule has 0 radical (unpaired) electrons. The number of rotatable bonds is 5. The molecular formula is C19H11Cl2N5O4. The Morgan fingerprint density at radius 3 is 2.63 bits per heavy atom. The minimum Gasteiger partial charge on any atom is -0.292 e. The van der Waals surface area contributed by atoms with Gasteiger partial charge in [0, 0.05) is 11.6 Å². The second kappa shape index (κ2) is 7.69. The molecule has 0 saturated carbocycles. The lowest BCUT2D eigenvalue weighted by molar-refractivity contribution is -0.384. The molecule has 0 bridgehead atoms. The highest BCUT2D eigenvalue weighted by molar-refractivity contribution is 6.42. The van der Waals surface area contributed by atoms with Crippen LogP contribution >= 0.6 is 23.2 Å². The Bertz CT molecular complexity index is 1380. The van der Waals surface area contributed by atoms with Crippen LogP contribution in [0.25, 0.3) is 16.7 Å². The number of nitro groups is 1. The average Bonchev–Trinajstić information content (AvgIpc) is 3.16. The molecule has 0 unspecified atom stereocenters. The molecule has 4 rings (SSSR count). The molecule has 0 aliphatic rings. The molecule has 0 aliphatic carbocycles. The summed E-state index contributed by atoms with van der Waals surface area (Å²) in [5, 5.41) is 16.1. The predicted molar refractivity (Wildman–Crippen MR) is 111 cm³/mol. The van der Waals surface area contributed by atoms with E-state index in [2.05, 4.69) is 10.1 Å². The van der Waals surface area contributed by atoms with Gasteiger partial charge in [-0.05, 0) is 24.3 Å². The Hall–Kier alpha value is -3.56. The second-order valence-electron chi connectivity index (χ2n) is 6.27. The monoisotopic (exact) mass is 443 g/mol. The van der Waals surface area contributed by atoms with Gasteiger partial charge in [0.25, 0.3) is 11.2 Å². The van der Waals surface area contributed by atoms with Gasteiger partial charge < -0.3 is 0 Å². The summed E-state index contributed by atoms with van der Waals surface area (Å²) in [5.74, 6) is -0.358. The molecule has 0 atom stereocenters. The van der Waals surface area contributed by atoms with E-state index in [0.29, 0.717) is 10.6 Å². The number of aromatic nitrogens is 4. The Morgan fingerprint density at radius 2 is 1.90 bits per heavy atom. The minimum absolute atomic E-state index is 0.123. The first-order valence-corrected chi connectivity index (χ1v) is 9.27. The van der Waals surface area contributed by atoms with E-state index in [1.54, 1.807) is 6.07 Å². The molecule has 0 aliphatic heterocycles. The van der Waals surface area contributed by atoms with Crippen LogP contribution in [0.2, 0.25) is 10.0 Å². The van der Waals surface area contributed by atoms with Crippen molar-refractivity contribution in [1.29, 1.82) is 0 Å². The number of Topliss-reactive ketones (excluding diaryl/α,β-unsaturated/α-hetero) is 1. The lowest BCUT2D eigenvalue weighted by Crippen LogP contribution is -2.24. The van der Waals surface area contributed by atoms with Gasteiger partial charge in [-0.15, -0.1) is 0 Å². The van der Waals surface area contributed by atoms with Crippen molar-refractivity contribution in [3.63, 3.8) is 0 Å². The van der Waals surface area contributed by atoms with Crippen molar-refractivity contribution < 1.29 is 9.72 Å². The standard InChI is InChI=1S/C19H11Cl2N5O4/c20-13-6-5-11(7-14(13)21)17(27)9-24-10-22-18-12(19(24)28)8-23-25(18)15-3-1-2-4-16(15)26(29)30/h1-8,10H,9H2. The van der Waals surface area contributed by atoms with Crippen molar-refractivity contribution in [3.8, 4) is 5.69 Å². The van der Waals surface area contributed by atoms with Gasteiger partial charge in [0.1, 0.15) is 17.4 Å². The van der Waals surface area contributed by atoms with Crippen molar-refractivity contribution in [3.05, 3.63) is 91.1 Å². The third kappa shape index (κ3) is 3.44. The van der Waals surface area contributed by atoms with Crippen molar-refractivity contribution >= 4 is 45.7 Å². The topological polar surface area (TPSA) is 113 Å². The van der Waals surface area contributed by atoms with Crippen LogP contribution in [0, 0.1) is 10.1 Å². The highest BCUT2D eigenvalue weighted by Crippen LogP contribution is 2.24. The zero-order valence-corrected chi connectivity index (χ0v) is 16.5. The van der Waals surface area contributed by atoms with E-state index in [4.69, 9.17) is 23.2 Å². The fourth-order valence-electron chi connectivity index (χ4n) is 2.95. The van der Waals surface area contributed by atoms with Crippen molar-refractivity contribution in [2.45, 2.75) is 6.54 Å². The van der Waals surface area contributed by atoms with Crippen LogP contribution in [-0.2, 0) is 6.54 Å². The summed E-state index contributed by atoms with van der Waals surface area (Å²) in [6.45, 7) is -0.267. The molecule has 0 spiro atoms. The minimum atomic E-state index is -0.542. The highest BCUT2D eigenvalue weighted by atomic mass is 35.5. The summed E-state index contributed by atoms with van der Waals surface area (Å²) < 4.78 is 2.36. The molecule has 0 N–H and O–H groups in total.